The number of aryl methyl sites for hydroxylation is 1. The quantitative estimate of drug-likeness (QED) is 0.614. The van der Waals surface area contributed by atoms with E-state index in [1.165, 1.54) is 7.11 Å². The fraction of sp³-hybridized carbons (Fsp3) is 0.562. The molecule has 0 saturated heterocycles. The molecule has 0 unspecified atom stereocenters. The molecule has 1 saturated carbocycles. The number of methoxy groups -OCH3 is 1. The second-order valence-corrected chi connectivity index (χ2v) is 7.41. The van der Waals surface area contributed by atoms with Crippen molar-refractivity contribution in [2.75, 3.05) is 13.7 Å². The first-order chi connectivity index (χ1) is 10.4. The van der Waals surface area contributed by atoms with Crippen molar-refractivity contribution >= 4 is 16.1 Å². The Labute approximate surface area is 131 Å². The number of esters is 1. The summed E-state index contributed by atoms with van der Waals surface area (Å²) in [6, 6.07) is 6.60. The summed E-state index contributed by atoms with van der Waals surface area (Å²) < 4.78 is 34.1. The average molecular weight is 326 g/mol. The Morgan fingerprint density at radius 2 is 1.73 bits per heavy atom. The Hall–Kier alpha value is -1.40. The van der Waals surface area contributed by atoms with Crippen molar-refractivity contribution in [1.82, 2.24) is 0 Å². The summed E-state index contributed by atoms with van der Waals surface area (Å²) in [5, 5.41) is 0. The van der Waals surface area contributed by atoms with Gasteiger partial charge in [-0.3, -0.25) is 8.98 Å². The van der Waals surface area contributed by atoms with Gasteiger partial charge in [0.1, 0.15) is 0 Å². The molecule has 22 heavy (non-hydrogen) atoms. The Morgan fingerprint density at radius 1 is 1.14 bits per heavy atom. The van der Waals surface area contributed by atoms with Gasteiger partial charge in [0, 0.05) is 0 Å². The second-order valence-electron chi connectivity index (χ2n) is 5.79. The third kappa shape index (κ3) is 4.30. The lowest BCUT2D eigenvalue weighted by molar-refractivity contribution is -0.146. The van der Waals surface area contributed by atoms with Gasteiger partial charge in [-0.05, 0) is 50.7 Å². The van der Waals surface area contributed by atoms with Crippen LogP contribution in [-0.2, 0) is 23.8 Å². The third-order valence-electron chi connectivity index (χ3n) is 4.15. The van der Waals surface area contributed by atoms with Crippen LogP contribution in [0.3, 0.4) is 0 Å². The Morgan fingerprint density at radius 3 is 2.27 bits per heavy atom. The number of carbonyl (C=O) groups excluding carboxylic acids is 1. The van der Waals surface area contributed by atoms with E-state index >= 15 is 0 Å². The predicted octanol–water partition coefficient (Wildman–Crippen LogP) is 2.68. The van der Waals surface area contributed by atoms with Crippen LogP contribution in [0.2, 0.25) is 0 Å². The van der Waals surface area contributed by atoms with Gasteiger partial charge in [0.25, 0.3) is 10.1 Å². The van der Waals surface area contributed by atoms with Crippen LogP contribution in [0.15, 0.2) is 29.2 Å². The molecule has 6 heteroatoms. The van der Waals surface area contributed by atoms with E-state index < -0.39 is 10.1 Å². The molecule has 122 valence electrons. The largest absolute Gasteiger partial charge is 0.469 e. The van der Waals surface area contributed by atoms with Crippen LogP contribution in [0.4, 0.5) is 0 Å². The van der Waals surface area contributed by atoms with E-state index in [1.54, 1.807) is 24.3 Å². The minimum atomic E-state index is -3.70. The van der Waals surface area contributed by atoms with Crippen LogP contribution in [0.25, 0.3) is 0 Å². The zero-order valence-electron chi connectivity index (χ0n) is 12.9. The number of hydrogen-bond donors (Lipinski definition) is 0. The van der Waals surface area contributed by atoms with Crippen molar-refractivity contribution in [3.63, 3.8) is 0 Å². The van der Waals surface area contributed by atoms with Crippen LogP contribution in [0, 0.1) is 18.8 Å². The maximum Gasteiger partial charge on any atom is 0.308 e. The van der Waals surface area contributed by atoms with Gasteiger partial charge in [-0.25, -0.2) is 0 Å². The minimum Gasteiger partial charge on any atom is -0.469 e. The molecule has 0 aliphatic heterocycles. The summed E-state index contributed by atoms with van der Waals surface area (Å²) in [5.74, 6) is -0.0669. The van der Waals surface area contributed by atoms with Crippen LogP contribution in [0.1, 0.15) is 31.2 Å². The Bertz CT molecular complexity index is 598. The Balaban J connectivity index is 1.86. The van der Waals surface area contributed by atoms with Crippen molar-refractivity contribution in [3.05, 3.63) is 29.8 Å². The topological polar surface area (TPSA) is 69.7 Å². The van der Waals surface area contributed by atoms with Gasteiger partial charge in [-0.15, -0.1) is 0 Å². The molecule has 1 aliphatic rings. The highest BCUT2D eigenvalue weighted by Crippen LogP contribution is 2.30. The van der Waals surface area contributed by atoms with Gasteiger partial charge in [-0.1, -0.05) is 17.7 Å². The molecule has 2 rings (SSSR count). The van der Waals surface area contributed by atoms with Crippen molar-refractivity contribution in [1.29, 1.82) is 0 Å². The fourth-order valence-electron chi connectivity index (χ4n) is 2.69. The normalized spacial score (nSPS) is 22.3. The van der Waals surface area contributed by atoms with Crippen molar-refractivity contribution in [2.24, 2.45) is 11.8 Å². The van der Waals surface area contributed by atoms with Crippen molar-refractivity contribution in [3.8, 4) is 0 Å². The molecule has 1 fully saturated rings. The monoisotopic (exact) mass is 326 g/mol. The second kappa shape index (κ2) is 7.24. The van der Waals surface area contributed by atoms with Gasteiger partial charge < -0.3 is 4.74 Å². The van der Waals surface area contributed by atoms with E-state index in [0.717, 1.165) is 31.2 Å². The first kappa shape index (κ1) is 17.0. The summed E-state index contributed by atoms with van der Waals surface area (Å²) in [4.78, 5) is 11.6. The molecule has 1 aromatic carbocycles. The van der Waals surface area contributed by atoms with Gasteiger partial charge in [0.15, 0.2) is 0 Å². The van der Waals surface area contributed by atoms with Crippen LogP contribution in [0.5, 0.6) is 0 Å². The highest BCUT2D eigenvalue weighted by atomic mass is 32.2. The van der Waals surface area contributed by atoms with E-state index in [4.69, 9.17) is 8.92 Å². The summed E-state index contributed by atoms with van der Waals surface area (Å²) in [7, 11) is -2.31. The molecule has 5 nitrogen and oxygen atoms in total. The average Bonchev–Trinajstić information content (AvgIpc) is 2.53. The van der Waals surface area contributed by atoms with E-state index in [1.807, 2.05) is 6.92 Å². The number of hydrogen-bond acceptors (Lipinski definition) is 5. The molecule has 0 radical (unpaired) electrons. The van der Waals surface area contributed by atoms with Crippen molar-refractivity contribution < 1.29 is 22.1 Å². The van der Waals surface area contributed by atoms with E-state index in [2.05, 4.69) is 0 Å². The summed E-state index contributed by atoms with van der Waals surface area (Å²) >= 11 is 0. The minimum absolute atomic E-state index is 0.0602. The zero-order valence-corrected chi connectivity index (χ0v) is 13.8. The first-order valence-electron chi connectivity index (χ1n) is 7.46. The fourth-order valence-corrected chi connectivity index (χ4v) is 3.67. The lowest BCUT2D eigenvalue weighted by atomic mass is 9.82. The molecular weight excluding hydrogens is 304 g/mol. The number of ether oxygens (including phenoxy) is 1. The van der Waals surface area contributed by atoms with Crippen LogP contribution < -0.4 is 0 Å². The van der Waals surface area contributed by atoms with Gasteiger partial charge in [-0.2, -0.15) is 8.42 Å². The molecule has 1 aliphatic carbocycles. The molecule has 0 N–H and O–H groups in total. The first-order valence-corrected chi connectivity index (χ1v) is 8.87. The molecule has 0 bridgehead atoms. The molecule has 1 aromatic rings. The molecule has 0 heterocycles. The maximum absolute atomic E-state index is 12.1. The smallest absolute Gasteiger partial charge is 0.308 e. The molecule has 0 spiro atoms. The Kier molecular flexibility index (Phi) is 5.58. The molecule has 0 atom stereocenters. The summed E-state index contributed by atoms with van der Waals surface area (Å²) in [6.07, 6.45) is 3.02. The summed E-state index contributed by atoms with van der Waals surface area (Å²) in [6.45, 7) is 2.07. The predicted molar refractivity (Wildman–Crippen MR) is 81.8 cm³/mol. The summed E-state index contributed by atoms with van der Waals surface area (Å²) in [5.41, 5.74) is 1.00. The van der Waals surface area contributed by atoms with Crippen LogP contribution in [-0.4, -0.2) is 28.1 Å². The number of carbonyl (C=O) groups is 1. The van der Waals surface area contributed by atoms with E-state index in [-0.39, 0.29) is 29.3 Å². The number of rotatable bonds is 5. The lowest BCUT2D eigenvalue weighted by Crippen LogP contribution is -2.25. The molecule has 0 aromatic heterocycles. The highest BCUT2D eigenvalue weighted by molar-refractivity contribution is 7.86. The third-order valence-corrected chi connectivity index (χ3v) is 5.45. The van der Waals surface area contributed by atoms with Crippen LogP contribution >= 0.6 is 0 Å². The zero-order chi connectivity index (χ0) is 16.2. The standard InChI is InChI=1S/C16H22O5S/c1-12-3-9-15(10-4-12)22(18,19)21-11-13-5-7-14(8-6-13)16(17)20-2/h3-4,9-10,13-14H,5-8,11H2,1-2H3/t13-,14-. The molecular formula is C16H22O5S. The van der Waals surface area contributed by atoms with E-state index in [9.17, 15) is 13.2 Å². The SMILES string of the molecule is COC(=O)[C@H]1CC[C@H](COS(=O)(=O)c2ccc(C)cc2)CC1. The lowest BCUT2D eigenvalue weighted by Gasteiger charge is -2.26. The van der Waals surface area contributed by atoms with E-state index in [0.29, 0.717) is 0 Å². The maximum atomic E-state index is 12.1. The van der Waals surface area contributed by atoms with Gasteiger partial charge >= 0.3 is 5.97 Å². The van der Waals surface area contributed by atoms with Gasteiger partial charge in [0.05, 0.1) is 24.5 Å². The number of benzene rings is 1. The van der Waals surface area contributed by atoms with Crippen molar-refractivity contribution in [2.45, 2.75) is 37.5 Å². The molecule has 0 amide bonds. The van der Waals surface area contributed by atoms with Gasteiger partial charge in [0.2, 0.25) is 0 Å². The highest BCUT2D eigenvalue weighted by Gasteiger charge is 2.28.